The first-order valence-corrected chi connectivity index (χ1v) is 9.38. The first-order valence-electron chi connectivity index (χ1n) is 9.38. The SMILES string of the molecule is N#Cc1ccc2c(c1)[nH]c(=O)n2CCC(=O)Nc1ccc(Oc2ccccc2)cc1. The average molecular weight is 398 g/mol. The number of aryl methyl sites for hydroxylation is 1. The number of rotatable bonds is 6. The summed E-state index contributed by atoms with van der Waals surface area (Å²) in [4.78, 5) is 27.2. The molecule has 0 aliphatic rings. The van der Waals surface area contributed by atoms with Crippen molar-refractivity contribution in [3.8, 4) is 17.6 Å². The molecule has 0 saturated heterocycles. The molecule has 0 saturated carbocycles. The summed E-state index contributed by atoms with van der Waals surface area (Å²) in [6.07, 6.45) is 0.134. The number of nitriles is 1. The standard InChI is InChI=1S/C23H18N4O3/c24-15-16-6-11-21-20(14-16)26-23(29)27(21)13-12-22(28)25-17-7-9-19(10-8-17)30-18-4-2-1-3-5-18/h1-11,14H,12-13H2,(H,25,28)(H,26,29). The van der Waals surface area contributed by atoms with Crippen LogP contribution in [0.1, 0.15) is 12.0 Å². The molecule has 1 heterocycles. The predicted octanol–water partition coefficient (Wildman–Crippen LogP) is 4.02. The zero-order valence-electron chi connectivity index (χ0n) is 16.0. The van der Waals surface area contributed by atoms with Crippen molar-refractivity contribution >= 4 is 22.6 Å². The fraction of sp³-hybridized carbons (Fsp3) is 0.0870. The number of fused-ring (bicyclic) bond motifs is 1. The number of aromatic amines is 1. The number of carbonyl (C=O) groups is 1. The van der Waals surface area contributed by atoms with Crippen LogP contribution >= 0.6 is 0 Å². The molecule has 0 aliphatic carbocycles. The number of amides is 1. The number of hydrogen-bond acceptors (Lipinski definition) is 4. The lowest BCUT2D eigenvalue weighted by Gasteiger charge is -2.08. The number of aromatic nitrogens is 2. The maximum absolute atomic E-state index is 12.3. The Morgan fingerprint density at radius 2 is 1.77 bits per heavy atom. The maximum Gasteiger partial charge on any atom is 0.326 e. The Morgan fingerprint density at radius 3 is 2.50 bits per heavy atom. The van der Waals surface area contributed by atoms with Gasteiger partial charge in [0.15, 0.2) is 0 Å². The van der Waals surface area contributed by atoms with Crippen LogP contribution in [0, 0.1) is 11.3 Å². The number of nitrogens with one attached hydrogen (secondary N) is 2. The van der Waals surface area contributed by atoms with Gasteiger partial charge in [0.05, 0.1) is 22.7 Å². The van der Waals surface area contributed by atoms with Crippen LogP contribution in [0.4, 0.5) is 5.69 Å². The molecule has 2 N–H and O–H groups in total. The van der Waals surface area contributed by atoms with Gasteiger partial charge in [-0.15, -0.1) is 0 Å². The molecule has 4 rings (SSSR count). The number of benzene rings is 3. The highest BCUT2D eigenvalue weighted by molar-refractivity contribution is 5.90. The van der Waals surface area contributed by atoms with Gasteiger partial charge in [0.1, 0.15) is 11.5 Å². The minimum atomic E-state index is -0.310. The van der Waals surface area contributed by atoms with Crippen molar-refractivity contribution in [3.05, 3.63) is 88.8 Å². The zero-order chi connectivity index (χ0) is 20.9. The molecule has 4 aromatic rings. The Labute approximate surface area is 172 Å². The molecule has 3 aromatic carbocycles. The Balaban J connectivity index is 1.37. The number of carbonyl (C=O) groups excluding carboxylic acids is 1. The Hall–Kier alpha value is -4.31. The number of anilines is 1. The van der Waals surface area contributed by atoms with Gasteiger partial charge >= 0.3 is 5.69 Å². The van der Waals surface area contributed by atoms with E-state index in [9.17, 15) is 9.59 Å². The van der Waals surface area contributed by atoms with Crippen molar-refractivity contribution in [2.75, 3.05) is 5.32 Å². The summed E-state index contributed by atoms with van der Waals surface area (Å²) in [6, 6.07) is 23.5. The Kier molecular flexibility index (Phi) is 5.31. The highest BCUT2D eigenvalue weighted by Gasteiger charge is 2.10. The van der Waals surface area contributed by atoms with Gasteiger partial charge < -0.3 is 15.0 Å². The van der Waals surface area contributed by atoms with Crippen LogP contribution in [0.5, 0.6) is 11.5 Å². The van der Waals surface area contributed by atoms with Crippen molar-refractivity contribution in [1.29, 1.82) is 5.26 Å². The highest BCUT2D eigenvalue weighted by atomic mass is 16.5. The van der Waals surface area contributed by atoms with E-state index in [1.165, 1.54) is 4.57 Å². The number of para-hydroxylation sites is 1. The molecule has 148 valence electrons. The van der Waals surface area contributed by atoms with Crippen LogP contribution in [0.3, 0.4) is 0 Å². The lowest BCUT2D eigenvalue weighted by molar-refractivity contribution is -0.116. The van der Waals surface area contributed by atoms with E-state index in [0.717, 1.165) is 5.75 Å². The van der Waals surface area contributed by atoms with Crippen LogP contribution in [-0.4, -0.2) is 15.5 Å². The Morgan fingerprint density at radius 1 is 1.03 bits per heavy atom. The molecule has 0 radical (unpaired) electrons. The average Bonchev–Trinajstić information content (AvgIpc) is 3.08. The third-order valence-corrected chi connectivity index (χ3v) is 4.58. The van der Waals surface area contributed by atoms with Gasteiger partial charge in [0.2, 0.25) is 5.91 Å². The number of ether oxygens (including phenoxy) is 1. The second-order valence-corrected chi connectivity index (χ2v) is 6.66. The largest absolute Gasteiger partial charge is 0.457 e. The van der Waals surface area contributed by atoms with E-state index in [-0.39, 0.29) is 24.6 Å². The van der Waals surface area contributed by atoms with Gasteiger partial charge in [0.25, 0.3) is 0 Å². The van der Waals surface area contributed by atoms with E-state index in [2.05, 4.69) is 10.3 Å². The number of nitrogens with zero attached hydrogens (tertiary/aromatic N) is 2. The van der Waals surface area contributed by atoms with Gasteiger partial charge in [-0.25, -0.2) is 4.79 Å². The van der Waals surface area contributed by atoms with E-state index in [0.29, 0.717) is 28.0 Å². The van der Waals surface area contributed by atoms with Crippen LogP contribution in [0.25, 0.3) is 11.0 Å². The summed E-state index contributed by atoms with van der Waals surface area (Å²) < 4.78 is 7.22. The Bertz CT molecular complexity index is 1280. The molecule has 0 aliphatic heterocycles. The molecule has 30 heavy (non-hydrogen) atoms. The normalized spacial score (nSPS) is 10.5. The molecule has 0 spiro atoms. The summed E-state index contributed by atoms with van der Waals surface area (Å²) in [5.41, 5.74) is 2.04. The number of imidazole rings is 1. The van der Waals surface area contributed by atoms with Crippen LogP contribution in [0.15, 0.2) is 77.6 Å². The monoisotopic (exact) mass is 398 g/mol. The summed E-state index contributed by atoms with van der Waals surface area (Å²) >= 11 is 0. The number of hydrogen-bond donors (Lipinski definition) is 2. The second kappa shape index (κ2) is 8.37. The first kappa shape index (κ1) is 19.0. The molecule has 0 bridgehead atoms. The highest BCUT2D eigenvalue weighted by Crippen LogP contribution is 2.22. The third kappa shape index (κ3) is 4.23. The topological polar surface area (TPSA) is 99.9 Å². The van der Waals surface area contributed by atoms with Crippen LogP contribution in [-0.2, 0) is 11.3 Å². The van der Waals surface area contributed by atoms with E-state index >= 15 is 0 Å². The quantitative estimate of drug-likeness (QED) is 0.512. The van der Waals surface area contributed by atoms with Crippen molar-refractivity contribution < 1.29 is 9.53 Å². The molecule has 7 nitrogen and oxygen atoms in total. The van der Waals surface area contributed by atoms with Crippen molar-refractivity contribution in [2.45, 2.75) is 13.0 Å². The van der Waals surface area contributed by atoms with E-state index in [4.69, 9.17) is 10.00 Å². The molecule has 7 heteroatoms. The lowest BCUT2D eigenvalue weighted by atomic mass is 10.2. The van der Waals surface area contributed by atoms with Crippen LogP contribution in [0.2, 0.25) is 0 Å². The minimum Gasteiger partial charge on any atom is -0.457 e. The summed E-state index contributed by atoms with van der Waals surface area (Å²) in [7, 11) is 0. The minimum absolute atomic E-state index is 0.134. The van der Waals surface area contributed by atoms with Crippen molar-refractivity contribution in [2.24, 2.45) is 0 Å². The van der Waals surface area contributed by atoms with Crippen molar-refractivity contribution in [1.82, 2.24) is 9.55 Å². The second-order valence-electron chi connectivity index (χ2n) is 6.66. The van der Waals surface area contributed by atoms with Crippen molar-refractivity contribution in [3.63, 3.8) is 0 Å². The summed E-state index contributed by atoms with van der Waals surface area (Å²) in [6.45, 7) is 0.228. The fourth-order valence-corrected chi connectivity index (χ4v) is 3.12. The maximum atomic E-state index is 12.3. The van der Waals surface area contributed by atoms with Crippen LogP contribution < -0.4 is 15.7 Å². The molecular weight excluding hydrogens is 380 g/mol. The fourth-order valence-electron chi connectivity index (χ4n) is 3.12. The first-order chi connectivity index (χ1) is 14.6. The van der Waals surface area contributed by atoms with Gasteiger partial charge in [-0.05, 0) is 54.6 Å². The lowest BCUT2D eigenvalue weighted by Crippen LogP contribution is -2.21. The molecule has 0 unspecified atom stereocenters. The van der Waals surface area contributed by atoms with Gasteiger partial charge in [-0.1, -0.05) is 18.2 Å². The molecular formula is C23H18N4O3. The predicted molar refractivity (Wildman–Crippen MR) is 113 cm³/mol. The van der Waals surface area contributed by atoms with E-state index in [1.54, 1.807) is 42.5 Å². The van der Waals surface area contributed by atoms with Gasteiger partial charge in [-0.3, -0.25) is 9.36 Å². The molecule has 1 aromatic heterocycles. The summed E-state index contributed by atoms with van der Waals surface area (Å²) in [5.74, 6) is 1.20. The van der Waals surface area contributed by atoms with Gasteiger partial charge in [-0.2, -0.15) is 5.26 Å². The van der Waals surface area contributed by atoms with E-state index < -0.39 is 0 Å². The molecule has 1 amide bonds. The van der Waals surface area contributed by atoms with Gasteiger partial charge in [0, 0.05) is 18.7 Å². The number of H-pyrrole nitrogens is 1. The van der Waals surface area contributed by atoms with E-state index in [1.807, 2.05) is 36.4 Å². The smallest absolute Gasteiger partial charge is 0.326 e. The summed E-state index contributed by atoms with van der Waals surface area (Å²) in [5, 5.41) is 11.8. The zero-order valence-corrected chi connectivity index (χ0v) is 16.0. The third-order valence-electron chi connectivity index (χ3n) is 4.58. The molecule has 0 atom stereocenters. The molecule has 0 fully saturated rings.